The minimum Gasteiger partial charge on any atom is -0.398 e. The molecule has 1 rings (SSSR count). The molecular weight excluding hydrogens is 228 g/mol. The van der Waals surface area contributed by atoms with Crippen LogP contribution in [0.5, 0.6) is 0 Å². The molecule has 4 N–H and O–H groups in total. The molecule has 0 aliphatic rings. The summed E-state index contributed by atoms with van der Waals surface area (Å²) < 4.78 is 0. The van der Waals surface area contributed by atoms with Crippen LogP contribution in [0.3, 0.4) is 0 Å². The molecule has 1 aromatic carbocycles. The van der Waals surface area contributed by atoms with Crippen molar-refractivity contribution < 1.29 is 9.90 Å². The van der Waals surface area contributed by atoms with Gasteiger partial charge in [0, 0.05) is 11.3 Å². The standard InChI is InChI=1S/C14H22N2O2/c1-9-10(7-6-8-11(9)15)12(17)16-13(2,3)14(4,5)18/h6-8,18H,15H2,1-5H3,(H,16,17). The smallest absolute Gasteiger partial charge is 0.252 e. The number of hydrogen-bond acceptors (Lipinski definition) is 3. The maximum absolute atomic E-state index is 12.2. The first-order valence-electron chi connectivity index (χ1n) is 5.96. The van der Waals surface area contributed by atoms with Crippen molar-refractivity contribution in [1.29, 1.82) is 0 Å². The summed E-state index contributed by atoms with van der Waals surface area (Å²) in [5.74, 6) is -0.230. The highest BCUT2D eigenvalue weighted by atomic mass is 16.3. The first-order valence-corrected chi connectivity index (χ1v) is 5.96. The number of hydrogen-bond donors (Lipinski definition) is 3. The second kappa shape index (κ2) is 4.61. The van der Waals surface area contributed by atoms with Crippen LogP contribution in [-0.2, 0) is 0 Å². The molecule has 0 radical (unpaired) electrons. The monoisotopic (exact) mass is 250 g/mol. The topological polar surface area (TPSA) is 75.4 Å². The van der Waals surface area contributed by atoms with Gasteiger partial charge in [0.15, 0.2) is 0 Å². The number of benzene rings is 1. The van der Waals surface area contributed by atoms with Gasteiger partial charge in [-0.05, 0) is 52.3 Å². The number of anilines is 1. The van der Waals surface area contributed by atoms with Crippen molar-refractivity contribution in [2.75, 3.05) is 5.73 Å². The molecule has 0 fully saturated rings. The van der Waals surface area contributed by atoms with Gasteiger partial charge < -0.3 is 16.2 Å². The summed E-state index contributed by atoms with van der Waals surface area (Å²) in [5.41, 5.74) is 5.90. The second-order valence-corrected chi connectivity index (χ2v) is 5.66. The molecule has 1 amide bonds. The fraction of sp³-hybridized carbons (Fsp3) is 0.500. The molecule has 0 saturated carbocycles. The van der Waals surface area contributed by atoms with E-state index in [1.807, 2.05) is 0 Å². The first kappa shape index (κ1) is 14.5. The van der Waals surface area contributed by atoms with Crippen molar-refractivity contribution in [3.63, 3.8) is 0 Å². The maximum atomic E-state index is 12.2. The van der Waals surface area contributed by atoms with Crippen LogP contribution in [-0.4, -0.2) is 22.2 Å². The minimum atomic E-state index is -1.02. The molecule has 4 nitrogen and oxygen atoms in total. The van der Waals surface area contributed by atoms with Crippen LogP contribution in [0.1, 0.15) is 43.6 Å². The van der Waals surface area contributed by atoms with E-state index in [0.717, 1.165) is 5.56 Å². The maximum Gasteiger partial charge on any atom is 0.252 e. The van der Waals surface area contributed by atoms with Crippen molar-refractivity contribution in [3.05, 3.63) is 29.3 Å². The zero-order chi connectivity index (χ0) is 14.1. The zero-order valence-corrected chi connectivity index (χ0v) is 11.7. The third-order valence-corrected chi connectivity index (χ3v) is 3.58. The molecule has 0 unspecified atom stereocenters. The summed E-state index contributed by atoms with van der Waals surface area (Å²) in [6.45, 7) is 8.71. The molecule has 0 atom stereocenters. The number of nitrogen functional groups attached to an aromatic ring is 1. The number of carbonyl (C=O) groups is 1. The van der Waals surface area contributed by atoms with Gasteiger partial charge in [0.25, 0.3) is 5.91 Å². The molecule has 100 valence electrons. The summed E-state index contributed by atoms with van der Waals surface area (Å²) >= 11 is 0. The van der Waals surface area contributed by atoms with Gasteiger partial charge in [-0.25, -0.2) is 0 Å². The lowest BCUT2D eigenvalue weighted by Gasteiger charge is -2.38. The Morgan fingerprint density at radius 3 is 2.33 bits per heavy atom. The van der Waals surface area contributed by atoms with E-state index < -0.39 is 11.1 Å². The van der Waals surface area contributed by atoms with Gasteiger partial charge in [0.1, 0.15) is 0 Å². The SMILES string of the molecule is Cc1c(N)cccc1C(=O)NC(C)(C)C(C)(C)O. The number of nitrogens with one attached hydrogen (secondary N) is 1. The molecular formula is C14H22N2O2. The summed E-state index contributed by atoms with van der Waals surface area (Å²) in [5, 5.41) is 12.9. The van der Waals surface area contributed by atoms with E-state index in [1.165, 1.54) is 0 Å². The van der Waals surface area contributed by atoms with Gasteiger partial charge in [-0.3, -0.25) is 4.79 Å². The quantitative estimate of drug-likeness (QED) is 0.717. The fourth-order valence-corrected chi connectivity index (χ4v) is 1.40. The molecule has 18 heavy (non-hydrogen) atoms. The highest BCUT2D eigenvalue weighted by Gasteiger charge is 2.36. The van der Waals surface area contributed by atoms with Crippen molar-refractivity contribution in [2.45, 2.75) is 45.8 Å². The van der Waals surface area contributed by atoms with Crippen LogP contribution in [0.2, 0.25) is 0 Å². The number of aliphatic hydroxyl groups is 1. The van der Waals surface area contributed by atoms with Crippen LogP contribution < -0.4 is 11.1 Å². The lowest BCUT2D eigenvalue weighted by atomic mass is 9.85. The van der Waals surface area contributed by atoms with Crippen LogP contribution in [0.25, 0.3) is 0 Å². The average Bonchev–Trinajstić information content (AvgIpc) is 2.19. The van der Waals surface area contributed by atoms with Gasteiger partial charge in [-0.15, -0.1) is 0 Å². The van der Waals surface area contributed by atoms with Gasteiger partial charge >= 0.3 is 0 Å². The predicted octanol–water partition coefficient (Wildman–Crippen LogP) is 1.86. The van der Waals surface area contributed by atoms with E-state index in [4.69, 9.17) is 5.73 Å². The lowest BCUT2D eigenvalue weighted by Crippen LogP contribution is -2.57. The molecule has 0 aliphatic heterocycles. The van der Waals surface area contributed by atoms with Gasteiger partial charge in [0.05, 0.1) is 11.1 Å². The average molecular weight is 250 g/mol. The van der Waals surface area contributed by atoms with Crippen molar-refractivity contribution in [3.8, 4) is 0 Å². The Kier molecular flexibility index (Phi) is 3.72. The third kappa shape index (κ3) is 2.82. The Balaban J connectivity index is 3.00. The highest BCUT2D eigenvalue weighted by Crippen LogP contribution is 2.22. The molecule has 0 saturated heterocycles. The second-order valence-electron chi connectivity index (χ2n) is 5.66. The Morgan fingerprint density at radius 1 is 1.28 bits per heavy atom. The van der Waals surface area contributed by atoms with Crippen LogP contribution in [0.15, 0.2) is 18.2 Å². The van der Waals surface area contributed by atoms with E-state index in [2.05, 4.69) is 5.32 Å². The summed E-state index contributed by atoms with van der Waals surface area (Å²) in [7, 11) is 0. The number of carbonyl (C=O) groups excluding carboxylic acids is 1. The molecule has 0 bridgehead atoms. The Morgan fingerprint density at radius 2 is 1.83 bits per heavy atom. The molecule has 0 heterocycles. The lowest BCUT2D eigenvalue weighted by molar-refractivity contribution is -0.00294. The van der Waals surface area contributed by atoms with Crippen molar-refractivity contribution in [2.24, 2.45) is 0 Å². The van der Waals surface area contributed by atoms with Crippen molar-refractivity contribution >= 4 is 11.6 Å². The molecule has 0 aliphatic carbocycles. The zero-order valence-electron chi connectivity index (χ0n) is 11.7. The fourth-order valence-electron chi connectivity index (χ4n) is 1.40. The normalized spacial score (nSPS) is 12.3. The Hall–Kier alpha value is -1.55. The third-order valence-electron chi connectivity index (χ3n) is 3.58. The Labute approximate surface area is 108 Å². The van der Waals surface area contributed by atoms with Crippen LogP contribution in [0.4, 0.5) is 5.69 Å². The van der Waals surface area contributed by atoms with E-state index >= 15 is 0 Å². The number of amides is 1. The summed E-state index contributed by atoms with van der Waals surface area (Å²) in [6.07, 6.45) is 0. The van der Waals surface area contributed by atoms with E-state index in [9.17, 15) is 9.90 Å². The molecule has 4 heteroatoms. The predicted molar refractivity (Wildman–Crippen MR) is 73.4 cm³/mol. The summed E-state index contributed by atoms with van der Waals surface area (Å²) in [6, 6.07) is 5.23. The van der Waals surface area contributed by atoms with Gasteiger partial charge in [-0.2, -0.15) is 0 Å². The highest BCUT2D eigenvalue weighted by molar-refractivity contribution is 5.97. The van der Waals surface area contributed by atoms with E-state index in [1.54, 1.807) is 52.8 Å². The molecule has 0 aromatic heterocycles. The first-order chi connectivity index (χ1) is 8.06. The van der Waals surface area contributed by atoms with Crippen LogP contribution >= 0.6 is 0 Å². The minimum absolute atomic E-state index is 0.230. The van der Waals surface area contributed by atoms with Gasteiger partial charge in [0.2, 0.25) is 0 Å². The molecule has 1 aromatic rings. The number of rotatable bonds is 3. The van der Waals surface area contributed by atoms with Crippen molar-refractivity contribution in [1.82, 2.24) is 5.32 Å². The Bertz CT molecular complexity index is 459. The largest absolute Gasteiger partial charge is 0.398 e. The molecule has 0 spiro atoms. The van der Waals surface area contributed by atoms with Crippen LogP contribution in [0, 0.1) is 6.92 Å². The van der Waals surface area contributed by atoms with E-state index in [-0.39, 0.29) is 5.91 Å². The number of nitrogens with two attached hydrogens (primary N) is 1. The van der Waals surface area contributed by atoms with Gasteiger partial charge in [-0.1, -0.05) is 6.07 Å². The van der Waals surface area contributed by atoms with E-state index in [0.29, 0.717) is 11.3 Å². The summed E-state index contributed by atoms with van der Waals surface area (Å²) in [4.78, 5) is 12.2.